The summed E-state index contributed by atoms with van der Waals surface area (Å²) >= 11 is 11.7. The number of nitrogens with one attached hydrogen (secondary N) is 3. The van der Waals surface area contributed by atoms with E-state index in [0.29, 0.717) is 32.7 Å². The van der Waals surface area contributed by atoms with Crippen molar-refractivity contribution in [2.24, 2.45) is 5.10 Å². The second-order valence-corrected chi connectivity index (χ2v) is 7.39. The molecule has 0 bridgehead atoms. The van der Waals surface area contributed by atoms with E-state index in [9.17, 15) is 14.4 Å². The molecule has 0 atom stereocenters. The van der Waals surface area contributed by atoms with E-state index < -0.39 is 11.8 Å². The molecule has 0 aliphatic carbocycles. The molecular weight excluding hydrogens is 467 g/mol. The van der Waals surface area contributed by atoms with Gasteiger partial charge in [-0.3, -0.25) is 14.4 Å². The molecule has 10 heteroatoms. The van der Waals surface area contributed by atoms with Crippen molar-refractivity contribution in [1.29, 1.82) is 0 Å². The Balaban J connectivity index is 1.43. The fourth-order valence-corrected chi connectivity index (χ4v) is 2.80. The number of halogens is 2. The van der Waals surface area contributed by atoms with Crippen molar-refractivity contribution in [3.63, 3.8) is 0 Å². The molecule has 33 heavy (non-hydrogen) atoms. The molecule has 0 spiro atoms. The number of para-hydroxylation sites is 1. The zero-order valence-electron chi connectivity index (χ0n) is 17.0. The van der Waals surface area contributed by atoms with Gasteiger partial charge in [0.15, 0.2) is 6.61 Å². The van der Waals surface area contributed by atoms with Gasteiger partial charge in [-0.15, -0.1) is 0 Å². The number of hydrogen-bond acceptors (Lipinski definition) is 5. The summed E-state index contributed by atoms with van der Waals surface area (Å²) in [7, 11) is 0. The van der Waals surface area contributed by atoms with Crippen molar-refractivity contribution < 1.29 is 19.1 Å². The molecule has 8 nitrogen and oxygen atoms in total. The third-order valence-electron chi connectivity index (χ3n) is 4.09. The first-order valence-corrected chi connectivity index (χ1v) is 10.3. The maximum absolute atomic E-state index is 12.0. The molecule has 3 rings (SSSR count). The molecular formula is C23H18Cl2N4O4. The lowest BCUT2D eigenvalue weighted by atomic mass is 10.2. The number of carbonyl (C=O) groups excluding carboxylic acids is 3. The highest BCUT2D eigenvalue weighted by Crippen LogP contribution is 2.20. The second kappa shape index (κ2) is 11.7. The highest BCUT2D eigenvalue weighted by Gasteiger charge is 2.14. The summed E-state index contributed by atoms with van der Waals surface area (Å²) in [6, 6.07) is 19.9. The van der Waals surface area contributed by atoms with Crippen LogP contribution in [0, 0.1) is 0 Å². The Labute approximate surface area is 199 Å². The van der Waals surface area contributed by atoms with Crippen molar-refractivity contribution >= 4 is 58.5 Å². The quantitative estimate of drug-likeness (QED) is 0.266. The van der Waals surface area contributed by atoms with E-state index in [4.69, 9.17) is 27.9 Å². The topological polar surface area (TPSA) is 109 Å². The molecule has 3 aromatic carbocycles. The van der Waals surface area contributed by atoms with Crippen LogP contribution in [0.5, 0.6) is 5.75 Å². The highest BCUT2D eigenvalue weighted by molar-refractivity contribution is 6.41. The smallest absolute Gasteiger partial charge is 0.329 e. The fraction of sp³-hybridized carbons (Fsp3) is 0.0435. The number of hydrogen-bond donors (Lipinski definition) is 3. The SMILES string of the molecule is O=C(COc1ccc(/C=N\NC(=O)C(=O)Nc2ccccc2Cl)cc1)Nc1ccc(Cl)cc1. The summed E-state index contributed by atoms with van der Waals surface area (Å²) < 4.78 is 5.44. The molecule has 3 N–H and O–H groups in total. The zero-order valence-corrected chi connectivity index (χ0v) is 18.6. The highest BCUT2D eigenvalue weighted by atomic mass is 35.5. The summed E-state index contributed by atoms with van der Waals surface area (Å²) in [6.07, 6.45) is 1.36. The number of rotatable bonds is 7. The van der Waals surface area contributed by atoms with Gasteiger partial charge in [0.2, 0.25) is 0 Å². The monoisotopic (exact) mass is 484 g/mol. The maximum atomic E-state index is 12.0. The molecule has 0 radical (unpaired) electrons. The minimum absolute atomic E-state index is 0.174. The summed E-state index contributed by atoms with van der Waals surface area (Å²) in [4.78, 5) is 35.7. The van der Waals surface area contributed by atoms with Gasteiger partial charge in [0.1, 0.15) is 5.75 Å². The van der Waals surface area contributed by atoms with Crippen LogP contribution in [0.25, 0.3) is 0 Å². The first kappa shape index (κ1) is 23.8. The van der Waals surface area contributed by atoms with Crippen LogP contribution >= 0.6 is 23.2 Å². The number of hydrazone groups is 1. The molecule has 0 saturated carbocycles. The first-order valence-electron chi connectivity index (χ1n) is 9.58. The second-order valence-electron chi connectivity index (χ2n) is 6.55. The summed E-state index contributed by atoms with van der Waals surface area (Å²) in [5.41, 5.74) is 3.71. The number of nitrogens with zero attached hydrogens (tertiary/aromatic N) is 1. The summed E-state index contributed by atoms with van der Waals surface area (Å²) in [5, 5.41) is 9.73. The Morgan fingerprint density at radius 2 is 1.55 bits per heavy atom. The van der Waals surface area contributed by atoms with Crippen LogP contribution in [-0.2, 0) is 14.4 Å². The molecule has 3 aromatic rings. The van der Waals surface area contributed by atoms with Crippen LogP contribution < -0.4 is 20.8 Å². The van der Waals surface area contributed by atoms with Crippen LogP contribution in [0.3, 0.4) is 0 Å². The van der Waals surface area contributed by atoms with Crippen LogP contribution in [-0.4, -0.2) is 30.5 Å². The van der Waals surface area contributed by atoms with E-state index in [1.165, 1.54) is 6.21 Å². The summed E-state index contributed by atoms with van der Waals surface area (Å²) in [6.45, 7) is -0.174. The van der Waals surface area contributed by atoms with Gasteiger partial charge in [-0.2, -0.15) is 5.10 Å². The molecule has 0 unspecified atom stereocenters. The Bertz CT molecular complexity index is 1170. The minimum atomic E-state index is -0.946. The number of carbonyl (C=O) groups is 3. The van der Waals surface area contributed by atoms with Crippen molar-refractivity contribution in [3.8, 4) is 5.75 Å². The number of ether oxygens (including phenoxy) is 1. The van der Waals surface area contributed by atoms with Gasteiger partial charge in [-0.25, -0.2) is 5.43 Å². The predicted molar refractivity (Wildman–Crippen MR) is 128 cm³/mol. The molecule has 168 valence electrons. The van der Waals surface area contributed by atoms with Crippen LogP contribution in [0.4, 0.5) is 11.4 Å². The van der Waals surface area contributed by atoms with Gasteiger partial charge in [0.05, 0.1) is 16.9 Å². The van der Waals surface area contributed by atoms with Crippen LogP contribution in [0.2, 0.25) is 10.0 Å². The van der Waals surface area contributed by atoms with Crippen molar-refractivity contribution in [2.75, 3.05) is 17.2 Å². The number of anilines is 2. The van der Waals surface area contributed by atoms with E-state index in [-0.39, 0.29) is 12.5 Å². The third-order valence-corrected chi connectivity index (χ3v) is 4.67. The molecule has 0 fully saturated rings. The maximum Gasteiger partial charge on any atom is 0.329 e. The van der Waals surface area contributed by atoms with Crippen LogP contribution in [0.15, 0.2) is 77.9 Å². The predicted octanol–water partition coefficient (Wildman–Crippen LogP) is 4.10. The first-order chi connectivity index (χ1) is 15.9. The van der Waals surface area contributed by atoms with Crippen LogP contribution in [0.1, 0.15) is 5.56 Å². The van der Waals surface area contributed by atoms with Crippen molar-refractivity contribution in [3.05, 3.63) is 88.4 Å². The largest absolute Gasteiger partial charge is 0.484 e. The Hall–Kier alpha value is -3.88. The number of benzene rings is 3. The Morgan fingerprint density at radius 1 is 0.848 bits per heavy atom. The average Bonchev–Trinajstić information content (AvgIpc) is 2.81. The van der Waals surface area contributed by atoms with Gasteiger partial charge >= 0.3 is 11.8 Å². The van der Waals surface area contributed by atoms with Gasteiger partial charge in [0.25, 0.3) is 5.91 Å². The van der Waals surface area contributed by atoms with Gasteiger partial charge in [0, 0.05) is 10.7 Å². The van der Waals surface area contributed by atoms with Gasteiger partial charge in [-0.1, -0.05) is 35.3 Å². The lowest BCUT2D eigenvalue weighted by molar-refractivity contribution is -0.136. The third kappa shape index (κ3) is 7.64. The average molecular weight is 485 g/mol. The minimum Gasteiger partial charge on any atom is -0.484 e. The van der Waals surface area contributed by atoms with Gasteiger partial charge < -0.3 is 15.4 Å². The molecule has 3 amide bonds. The standard InChI is InChI=1S/C23H18Cl2N4O4/c24-16-7-9-17(10-8-16)27-21(30)14-33-18-11-5-15(6-12-18)13-26-29-23(32)22(31)28-20-4-2-1-3-19(20)25/h1-13H,14H2,(H,27,30)(H,28,31)(H,29,32)/b26-13-. The van der Waals surface area contributed by atoms with E-state index in [1.54, 1.807) is 72.8 Å². The Kier molecular flexibility index (Phi) is 8.40. The van der Waals surface area contributed by atoms with E-state index in [2.05, 4.69) is 21.2 Å². The molecule has 0 saturated heterocycles. The normalized spacial score (nSPS) is 10.5. The van der Waals surface area contributed by atoms with E-state index in [0.717, 1.165) is 0 Å². The summed E-state index contributed by atoms with van der Waals surface area (Å²) in [5.74, 6) is -1.69. The van der Waals surface area contributed by atoms with Crippen molar-refractivity contribution in [2.45, 2.75) is 0 Å². The molecule has 0 aromatic heterocycles. The number of amides is 3. The van der Waals surface area contributed by atoms with Gasteiger partial charge in [-0.05, 0) is 66.2 Å². The Morgan fingerprint density at radius 3 is 2.24 bits per heavy atom. The molecule has 0 aliphatic heterocycles. The zero-order chi connectivity index (χ0) is 23.6. The fourth-order valence-electron chi connectivity index (χ4n) is 2.49. The lowest BCUT2D eigenvalue weighted by Crippen LogP contribution is -2.32. The van der Waals surface area contributed by atoms with Crippen molar-refractivity contribution in [1.82, 2.24) is 5.43 Å². The molecule has 0 aliphatic rings. The molecule has 0 heterocycles. The lowest BCUT2D eigenvalue weighted by Gasteiger charge is -2.08. The van der Waals surface area contributed by atoms with E-state index >= 15 is 0 Å². The van der Waals surface area contributed by atoms with E-state index in [1.807, 2.05) is 0 Å².